The maximum Gasteiger partial charge on any atom is 0.230 e. The van der Waals surface area contributed by atoms with Crippen LogP contribution in [0.2, 0.25) is 5.02 Å². The topological polar surface area (TPSA) is 79.2 Å². The maximum atomic E-state index is 11.8. The van der Waals surface area contributed by atoms with Crippen LogP contribution >= 0.6 is 11.6 Å². The van der Waals surface area contributed by atoms with E-state index in [0.29, 0.717) is 18.2 Å². The summed E-state index contributed by atoms with van der Waals surface area (Å²) in [6.07, 6.45) is 6.01. The van der Waals surface area contributed by atoms with Crippen molar-refractivity contribution in [1.29, 1.82) is 0 Å². The van der Waals surface area contributed by atoms with Gasteiger partial charge in [0.05, 0.1) is 12.1 Å². The smallest absolute Gasteiger partial charge is 0.230 e. The standard InChI is InChI=1S/C24H28ClN7O/c1-30(2)10-11-32-14-20(17-4-3-5-18(25)12-17)28-23(32)16-6-8-31(9-7-16)24-19-13-21(33)29-22(19)26-15-27-24/h3-5,12,14-16H,6-11,13H2,1-2H3,(H,26,27,29,33). The molecule has 1 fully saturated rings. The normalized spacial score (nSPS) is 16.4. The Kier molecular flexibility index (Phi) is 6.03. The lowest BCUT2D eigenvalue weighted by Crippen LogP contribution is -2.35. The van der Waals surface area contributed by atoms with E-state index in [9.17, 15) is 4.79 Å². The Morgan fingerprint density at radius 2 is 2.03 bits per heavy atom. The minimum absolute atomic E-state index is 0.0156. The van der Waals surface area contributed by atoms with Gasteiger partial charge in [-0.05, 0) is 39.1 Å². The second-order valence-corrected chi connectivity index (χ2v) is 9.44. The zero-order chi connectivity index (χ0) is 22.9. The van der Waals surface area contributed by atoms with E-state index >= 15 is 0 Å². The van der Waals surface area contributed by atoms with Crippen LogP contribution in [0.1, 0.15) is 30.1 Å². The van der Waals surface area contributed by atoms with Crippen LogP contribution in [0.5, 0.6) is 0 Å². The van der Waals surface area contributed by atoms with Gasteiger partial charge in [-0.2, -0.15) is 0 Å². The molecule has 5 rings (SSSR count). The lowest BCUT2D eigenvalue weighted by Gasteiger charge is -2.33. The van der Waals surface area contributed by atoms with E-state index in [1.807, 2.05) is 18.2 Å². The van der Waals surface area contributed by atoms with Crippen molar-refractivity contribution in [2.75, 3.05) is 43.9 Å². The molecule has 2 aromatic heterocycles. The molecule has 172 valence electrons. The summed E-state index contributed by atoms with van der Waals surface area (Å²) in [5.74, 6) is 3.02. The molecule has 3 aromatic rings. The van der Waals surface area contributed by atoms with Crippen molar-refractivity contribution < 1.29 is 4.79 Å². The number of hydrogen-bond donors (Lipinski definition) is 1. The largest absolute Gasteiger partial charge is 0.356 e. The van der Waals surface area contributed by atoms with Crippen LogP contribution in [0.4, 0.5) is 11.6 Å². The third kappa shape index (κ3) is 4.58. The minimum Gasteiger partial charge on any atom is -0.356 e. The van der Waals surface area contributed by atoms with Gasteiger partial charge in [-0.3, -0.25) is 4.79 Å². The summed E-state index contributed by atoms with van der Waals surface area (Å²) in [5, 5.41) is 3.54. The first-order chi connectivity index (χ1) is 16.0. The predicted molar refractivity (Wildman–Crippen MR) is 130 cm³/mol. The van der Waals surface area contributed by atoms with Gasteiger partial charge in [0.15, 0.2) is 0 Å². The summed E-state index contributed by atoms with van der Waals surface area (Å²) < 4.78 is 2.31. The van der Waals surface area contributed by atoms with E-state index in [1.165, 1.54) is 6.33 Å². The number of hydrogen-bond acceptors (Lipinski definition) is 6. The number of carbonyl (C=O) groups excluding carboxylic acids is 1. The molecule has 1 N–H and O–H groups in total. The Balaban J connectivity index is 1.37. The molecule has 0 saturated carbocycles. The Labute approximate surface area is 198 Å². The van der Waals surface area contributed by atoms with Gasteiger partial charge in [-0.1, -0.05) is 23.7 Å². The molecule has 0 unspecified atom stereocenters. The molecule has 4 heterocycles. The van der Waals surface area contributed by atoms with E-state index in [4.69, 9.17) is 16.6 Å². The van der Waals surface area contributed by atoms with Crippen LogP contribution in [0.25, 0.3) is 11.3 Å². The minimum atomic E-state index is -0.0156. The highest BCUT2D eigenvalue weighted by molar-refractivity contribution is 6.30. The molecule has 0 spiro atoms. The Morgan fingerprint density at radius 1 is 1.21 bits per heavy atom. The summed E-state index contributed by atoms with van der Waals surface area (Å²) >= 11 is 6.23. The molecule has 1 saturated heterocycles. The Bertz CT molecular complexity index is 1170. The Hall–Kier alpha value is -2.97. The summed E-state index contributed by atoms with van der Waals surface area (Å²) in [4.78, 5) is 30.1. The Morgan fingerprint density at radius 3 is 2.79 bits per heavy atom. The highest BCUT2D eigenvalue weighted by Crippen LogP contribution is 2.35. The van der Waals surface area contributed by atoms with Gasteiger partial charge >= 0.3 is 0 Å². The second kappa shape index (κ2) is 9.11. The zero-order valence-corrected chi connectivity index (χ0v) is 19.7. The van der Waals surface area contributed by atoms with Gasteiger partial charge in [-0.15, -0.1) is 0 Å². The molecule has 1 amide bonds. The first-order valence-electron chi connectivity index (χ1n) is 11.3. The number of fused-ring (bicyclic) bond motifs is 1. The number of nitrogens with one attached hydrogen (secondary N) is 1. The van der Waals surface area contributed by atoms with Gasteiger partial charge in [0.2, 0.25) is 5.91 Å². The summed E-state index contributed by atoms with van der Waals surface area (Å²) in [6, 6.07) is 7.88. The molecule has 2 aliphatic heterocycles. The van der Waals surface area contributed by atoms with Gasteiger partial charge in [0.25, 0.3) is 0 Å². The van der Waals surface area contributed by atoms with Crippen LogP contribution in [0.15, 0.2) is 36.8 Å². The number of benzene rings is 1. The average molecular weight is 466 g/mol. The maximum absolute atomic E-state index is 11.8. The van der Waals surface area contributed by atoms with Crippen molar-refractivity contribution in [3.8, 4) is 11.3 Å². The fourth-order valence-electron chi connectivity index (χ4n) is 4.66. The molecule has 33 heavy (non-hydrogen) atoms. The first-order valence-corrected chi connectivity index (χ1v) is 11.7. The molecule has 8 nitrogen and oxygen atoms in total. The number of nitrogens with zero attached hydrogens (tertiary/aromatic N) is 6. The van der Waals surface area contributed by atoms with Gasteiger partial charge in [-0.25, -0.2) is 15.0 Å². The van der Waals surface area contributed by atoms with Crippen molar-refractivity contribution in [2.45, 2.75) is 31.7 Å². The molecule has 2 aliphatic rings. The van der Waals surface area contributed by atoms with Gasteiger partial charge < -0.3 is 19.7 Å². The quantitative estimate of drug-likeness (QED) is 0.600. The van der Waals surface area contributed by atoms with Crippen molar-refractivity contribution >= 4 is 29.1 Å². The van der Waals surface area contributed by atoms with E-state index in [-0.39, 0.29) is 5.91 Å². The molecule has 9 heteroatoms. The number of amides is 1. The van der Waals surface area contributed by atoms with Crippen molar-refractivity contribution in [2.24, 2.45) is 0 Å². The summed E-state index contributed by atoms with van der Waals surface area (Å²) in [5.41, 5.74) is 2.92. The van der Waals surface area contributed by atoms with Gasteiger partial charge in [0.1, 0.15) is 23.8 Å². The van der Waals surface area contributed by atoms with Crippen LogP contribution in [-0.2, 0) is 17.8 Å². The zero-order valence-electron chi connectivity index (χ0n) is 19.0. The number of piperidine rings is 1. The van der Waals surface area contributed by atoms with Crippen LogP contribution in [-0.4, -0.2) is 64.1 Å². The third-order valence-electron chi connectivity index (χ3n) is 6.39. The molecule has 0 atom stereocenters. The number of rotatable bonds is 6. The number of imidazole rings is 1. The lowest BCUT2D eigenvalue weighted by molar-refractivity contribution is -0.115. The predicted octanol–water partition coefficient (Wildman–Crippen LogP) is 3.43. The molecular formula is C24H28ClN7O. The highest BCUT2D eigenvalue weighted by atomic mass is 35.5. The average Bonchev–Trinajstić information content (AvgIpc) is 3.40. The third-order valence-corrected chi connectivity index (χ3v) is 6.63. The van der Waals surface area contributed by atoms with E-state index in [2.05, 4.69) is 56.0 Å². The number of anilines is 2. The molecule has 0 aliphatic carbocycles. The fourth-order valence-corrected chi connectivity index (χ4v) is 4.85. The van der Waals surface area contributed by atoms with E-state index < -0.39 is 0 Å². The summed E-state index contributed by atoms with van der Waals surface area (Å²) in [6.45, 7) is 3.58. The SMILES string of the molecule is CN(C)CCn1cc(-c2cccc(Cl)c2)nc1C1CCN(c2ncnc3c2CC(=O)N3)CC1. The van der Waals surface area contributed by atoms with Crippen LogP contribution < -0.4 is 10.2 Å². The highest BCUT2D eigenvalue weighted by Gasteiger charge is 2.30. The lowest BCUT2D eigenvalue weighted by atomic mass is 9.95. The number of likely N-dealkylation sites (N-methyl/N-ethyl adjacent to an activating group) is 1. The molecule has 1 aromatic carbocycles. The number of carbonyl (C=O) groups is 1. The van der Waals surface area contributed by atoms with Crippen molar-refractivity contribution in [3.05, 3.63) is 53.2 Å². The molecule has 0 bridgehead atoms. The molecule has 0 radical (unpaired) electrons. The monoisotopic (exact) mass is 465 g/mol. The number of aromatic nitrogens is 4. The van der Waals surface area contributed by atoms with Crippen LogP contribution in [0.3, 0.4) is 0 Å². The summed E-state index contributed by atoms with van der Waals surface area (Å²) in [7, 11) is 4.18. The van der Waals surface area contributed by atoms with Gasteiger partial charge in [0, 0.05) is 54.4 Å². The number of halogens is 1. The van der Waals surface area contributed by atoms with Crippen molar-refractivity contribution in [3.63, 3.8) is 0 Å². The fraction of sp³-hybridized carbons (Fsp3) is 0.417. The van der Waals surface area contributed by atoms with E-state index in [0.717, 1.165) is 72.5 Å². The second-order valence-electron chi connectivity index (χ2n) is 9.00. The van der Waals surface area contributed by atoms with Crippen LogP contribution in [0, 0.1) is 0 Å². The molecular weight excluding hydrogens is 438 g/mol. The first kappa shape index (κ1) is 21.9. The van der Waals surface area contributed by atoms with Crippen molar-refractivity contribution in [1.82, 2.24) is 24.4 Å². The van der Waals surface area contributed by atoms with E-state index in [1.54, 1.807) is 0 Å².